The summed E-state index contributed by atoms with van der Waals surface area (Å²) in [4.78, 5) is 49.7. The van der Waals surface area contributed by atoms with E-state index in [1.165, 1.54) is 0 Å². The molecule has 1 unspecified atom stereocenters. The van der Waals surface area contributed by atoms with Gasteiger partial charge in [-0.15, -0.1) is 0 Å². The molecule has 170 valence electrons. The van der Waals surface area contributed by atoms with Crippen LogP contribution < -0.4 is 11.1 Å². The fraction of sp³-hybridized carbons (Fsp3) is 0.800. The van der Waals surface area contributed by atoms with Crippen LogP contribution in [0, 0.1) is 0 Å². The number of nitrogens with zero attached hydrogens (tertiary/aromatic N) is 2. The van der Waals surface area contributed by atoms with Gasteiger partial charge >= 0.3 is 11.9 Å². The number of rotatable bonds is 11. The predicted octanol–water partition coefficient (Wildman–Crippen LogP) is -0.344. The molecule has 0 heterocycles. The molecule has 0 aromatic rings. The molecule has 0 radical (unpaired) electrons. The second kappa shape index (κ2) is 12.0. The van der Waals surface area contributed by atoms with Crippen LogP contribution in [0.15, 0.2) is 0 Å². The summed E-state index contributed by atoms with van der Waals surface area (Å²) in [5.41, 5.74) is 5.91. The summed E-state index contributed by atoms with van der Waals surface area (Å²) < 4.78 is 0. The van der Waals surface area contributed by atoms with E-state index in [1.807, 2.05) is 0 Å². The van der Waals surface area contributed by atoms with E-state index in [0.29, 0.717) is 19.1 Å². The Hall–Kier alpha value is -2.04. The van der Waals surface area contributed by atoms with Crippen LogP contribution in [0.2, 0.25) is 0 Å². The summed E-state index contributed by atoms with van der Waals surface area (Å²) in [5, 5.41) is 21.6. The first-order chi connectivity index (χ1) is 14.3. The van der Waals surface area contributed by atoms with Crippen molar-refractivity contribution in [3.8, 4) is 0 Å². The fourth-order valence-corrected chi connectivity index (χ4v) is 4.72. The summed E-state index contributed by atoms with van der Waals surface area (Å²) >= 11 is 0. The third kappa shape index (κ3) is 7.66. The number of carbonyl (C=O) groups is 4. The first-order valence-corrected chi connectivity index (χ1v) is 10.7. The number of carboxylic acid groups (broad SMARTS) is 2. The molecular weight excluding hydrogens is 392 g/mol. The lowest BCUT2D eigenvalue weighted by atomic mass is 9.87. The van der Waals surface area contributed by atoms with Gasteiger partial charge in [0, 0.05) is 24.2 Å². The van der Waals surface area contributed by atoms with Crippen LogP contribution in [0.4, 0.5) is 0 Å². The molecule has 5 N–H and O–H groups in total. The SMILES string of the molecule is NC1CCC(NC(=O)CN(CC(=O)O)[C@@H]2CCCCC2N(CC=O)CC(=O)O)CC1. The molecule has 2 fully saturated rings. The average molecular weight is 427 g/mol. The van der Waals surface area contributed by atoms with E-state index in [4.69, 9.17) is 5.73 Å². The molecule has 30 heavy (non-hydrogen) atoms. The first kappa shape index (κ1) is 24.2. The standard InChI is InChI=1S/C20H34N4O6/c21-14-5-7-15(8-6-14)22-18(26)11-24(13-20(29)30)17-4-2-1-3-16(17)23(9-10-25)12-19(27)28/h10,14-17H,1-9,11-13,21H2,(H,22,26)(H,27,28)(H,29,30)/t14?,15?,16?,17-/m1/s1. The Morgan fingerprint density at radius 1 is 0.867 bits per heavy atom. The highest BCUT2D eigenvalue weighted by atomic mass is 16.4. The van der Waals surface area contributed by atoms with Crippen LogP contribution >= 0.6 is 0 Å². The lowest BCUT2D eigenvalue weighted by Gasteiger charge is -2.43. The van der Waals surface area contributed by atoms with Crippen molar-refractivity contribution in [1.29, 1.82) is 0 Å². The van der Waals surface area contributed by atoms with E-state index in [-0.39, 0.29) is 56.3 Å². The molecule has 10 heteroatoms. The number of nitrogens with one attached hydrogen (secondary N) is 1. The molecule has 10 nitrogen and oxygen atoms in total. The maximum absolute atomic E-state index is 12.7. The second-order valence-electron chi connectivity index (χ2n) is 8.39. The van der Waals surface area contributed by atoms with Gasteiger partial charge in [0.1, 0.15) is 6.29 Å². The van der Waals surface area contributed by atoms with E-state index in [1.54, 1.807) is 9.80 Å². The minimum absolute atomic E-state index is 0.0388. The molecule has 2 aliphatic carbocycles. The van der Waals surface area contributed by atoms with E-state index < -0.39 is 11.9 Å². The molecule has 2 atom stereocenters. The van der Waals surface area contributed by atoms with Crippen molar-refractivity contribution < 1.29 is 29.4 Å². The Morgan fingerprint density at radius 2 is 1.40 bits per heavy atom. The van der Waals surface area contributed by atoms with Crippen LogP contribution in [0.25, 0.3) is 0 Å². The monoisotopic (exact) mass is 426 g/mol. The first-order valence-electron chi connectivity index (χ1n) is 10.7. The molecule has 0 aromatic carbocycles. The van der Waals surface area contributed by atoms with Gasteiger partial charge < -0.3 is 26.1 Å². The number of amides is 1. The van der Waals surface area contributed by atoms with Crippen molar-refractivity contribution in [2.45, 2.75) is 75.5 Å². The molecule has 0 aromatic heterocycles. The number of nitrogens with two attached hydrogens (primary N) is 1. The second-order valence-corrected chi connectivity index (χ2v) is 8.39. The van der Waals surface area contributed by atoms with Crippen molar-refractivity contribution in [1.82, 2.24) is 15.1 Å². The third-order valence-electron chi connectivity index (χ3n) is 6.10. The molecule has 0 bridgehead atoms. The lowest BCUT2D eigenvalue weighted by Crippen LogP contribution is -2.58. The van der Waals surface area contributed by atoms with E-state index in [2.05, 4.69) is 5.32 Å². The molecule has 0 spiro atoms. The molecule has 0 saturated heterocycles. The molecule has 1 amide bonds. The fourth-order valence-electron chi connectivity index (χ4n) is 4.72. The highest BCUT2D eigenvalue weighted by molar-refractivity contribution is 5.79. The summed E-state index contributed by atoms with van der Waals surface area (Å²) in [6.07, 6.45) is 7.02. The largest absolute Gasteiger partial charge is 0.480 e. The Balaban J connectivity index is 2.09. The molecular formula is C20H34N4O6. The van der Waals surface area contributed by atoms with Gasteiger partial charge in [0.15, 0.2) is 0 Å². The molecule has 2 rings (SSSR count). The molecule has 2 saturated carbocycles. The van der Waals surface area contributed by atoms with Crippen molar-refractivity contribution in [2.24, 2.45) is 5.73 Å². The highest BCUT2D eigenvalue weighted by Crippen LogP contribution is 2.27. The Bertz CT molecular complexity index is 608. The van der Waals surface area contributed by atoms with E-state index in [0.717, 1.165) is 38.5 Å². The lowest BCUT2D eigenvalue weighted by molar-refractivity contribution is -0.143. The number of hydrogen-bond donors (Lipinski definition) is 4. The topological polar surface area (TPSA) is 153 Å². The van der Waals surface area contributed by atoms with Gasteiger partial charge in [0.2, 0.25) is 5.91 Å². The van der Waals surface area contributed by atoms with Gasteiger partial charge in [-0.25, -0.2) is 0 Å². The number of carbonyl (C=O) groups excluding carboxylic acids is 2. The Labute approximate surface area is 176 Å². The van der Waals surface area contributed by atoms with Crippen molar-refractivity contribution >= 4 is 24.1 Å². The summed E-state index contributed by atoms with van der Waals surface area (Å²) in [7, 11) is 0. The zero-order valence-electron chi connectivity index (χ0n) is 17.4. The van der Waals surface area contributed by atoms with Gasteiger partial charge in [-0.2, -0.15) is 0 Å². The third-order valence-corrected chi connectivity index (χ3v) is 6.10. The van der Waals surface area contributed by atoms with Crippen molar-refractivity contribution in [2.75, 3.05) is 26.2 Å². The zero-order valence-corrected chi connectivity index (χ0v) is 17.4. The summed E-state index contributed by atoms with van der Waals surface area (Å²) in [5.74, 6) is -2.32. The molecule has 2 aliphatic rings. The molecule has 0 aliphatic heterocycles. The van der Waals surface area contributed by atoms with Gasteiger partial charge in [0.05, 0.1) is 26.2 Å². The maximum atomic E-state index is 12.7. The maximum Gasteiger partial charge on any atom is 0.317 e. The Morgan fingerprint density at radius 3 is 1.93 bits per heavy atom. The van der Waals surface area contributed by atoms with E-state index in [9.17, 15) is 29.4 Å². The van der Waals surface area contributed by atoms with Crippen LogP contribution in [0.3, 0.4) is 0 Å². The summed E-state index contributed by atoms with van der Waals surface area (Å²) in [6, 6.07) is -0.382. The van der Waals surface area contributed by atoms with Gasteiger partial charge in [-0.1, -0.05) is 12.8 Å². The average Bonchev–Trinajstić information content (AvgIpc) is 2.68. The zero-order chi connectivity index (χ0) is 22.1. The van der Waals surface area contributed by atoms with E-state index >= 15 is 0 Å². The predicted molar refractivity (Wildman–Crippen MR) is 109 cm³/mol. The van der Waals surface area contributed by atoms with Crippen LogP contribution in [0.1, 0.15) is 51.4 Å². The quantitative estimate of drug-likeness (QED) is 0.325. The van der Waals surface area contributed by atoms with Crippen LogP contribution in [-0.2, 0) is 19.2 Å². The van der Waals surface area contributed by atoms with Crippen molar-refractivity contribution in [3.05, 3.63) is 0 Å². The van der Waals surface area contributed by atoms with Gasteiger partial charge in [0.25, 0.3) is 0 Å². The number of aliphatic carboxylic acids is 2. The number of carboxylic acids is 2. The minimum atomic E-state index is -1.05. The Kier molecular flexibility index (Phi) is 9.67. The smallest absolute Gasteiger partial charge is 0.317 e. The highest BCUT2D eigenvalue weighted by Gasteiger charge is 2.36. The normalized spacial score (nSPS) is 27.0. The van der Waals surface area contributed by atoms with Gasteiger partial charge in [-0.3, -0.25) is 24.2 Å². The minimum Gasteiger partial charge on any atom is -0.480 e. The number of hydrogen-bond acceptors (Lipinski definition) is 7. The number of aldehydes is 1. The van der Waals surface area contributed by atoms with Crippen LogP contribution in [0.5, 0.6) is 0 Å². The van der Waals surface area contributed by atoms with Crippen molar-refractivity contribution in [3.63, 3.8) is 0 Å². The van der Waals surface area contributed by atoms with Crippen LogP contribution in [-0.4, -0.2) is 94.5 Å². The van der Waals surface area contributed by atoms with Gasteiger partial charge in [-0.05, 0) is 38.5 Å². The summed E-state index contributed by atoms with van der Waals surface area (Å²) in [6.45, 7) is -0.720.